The summed E-state index contributed by atoms with van der Waals surface area (Å²) in [5.74, 6) is -0.0877. The molecule has 0 aromatic heterocycles. The predicted molar refractivity (Wildman–Crippen MR) is 107 cm³/mol. The summed E-state index contributed by atoms with van der Waals surface area (Å²) < 4.78 is 28.3. The van der Waals surface area contributed by atoms with Crippen LogP contribution in [0.15, 0.2) is 46.2 Å². The number of aryl methyl sites for hydroxylation is 2. The van der Waals surface area contributed by atoms with Gasteiger partial charge < -0.3 is 4.90 Å². The number of sulfonamides is 1. The maximum absolute atomic E-state index is 12.8. The van der Waals surface area contributed by atoms with Gasteiger partial charge in [-0.1, -0.05) is 24.6 Å². The van der Waals surface area contributed by atoms with Gasteiger partial charge in [-0.25, -0.2) is 8.42 Å². The first-order chi connectivity index (χ1) is 12.2. The van der Waals surface area contributed by atoms with Crippen molar-refractivity contribution >= 4 is 39.1 Å². The molecule has 1 aliphatic heterocycles. The van der Waals surface area contributed by atoms with Gasteiger partial charge in [0.2, 0.25) is 5.91 Å². The summed E-state index contributed by atoms with van der Waals surface area (Å²) in [5.41, 5.74) is 3.15. The normalized spacial score (nSPS) is 16.9. The Morgan fingerprint density at radius 2 is 1.92 bits per heavy atom. The number of nitrogens with one attached hydrogen (secondary N) is 1. The van der Waals surface area contributed by atoms with Gasteiger partial charge in [-0.2, -0.15) is 0 Å². The SMILES string of the molecule is CC(=O)N1CC(C)Sc2ccc(S(=O)(=O)Nc3ccc(C)cc3C)cc21. The summed E-state index contributed by atoms with van der Waals surface area (Å²) in [6, 6.07) is 10.5. The number of thioether (sulfide) groups is 1. The van der Waals surface area contributed by atoms with Crippen molar-refractivity contribution in [3.63, 3.8) is 0 Å². The van der Waals surface area contributed by atoms with E-state index in [0.29, 0.717) is 17.9 Å². The molecule has 5 nitrogen and oxygen atoms in total. The molecule has 0 fully saturated rings. The minimum absolute atomic E-state index is 0.0877. The third-order valence-corrected chi connectivity index (χ3v) is 6.82. The summed E-state index contributed by atoms with van der Waals surface area (Å²) in [6.45, 7) is 7.95. The average Bonchev–Trinajstić information content (AvgIpc) is 2.56. The van der Waals surface area contributed by atoms with Gasteiger partial charge in [0, 0.05) is 23.6 Å². The Bertz CT molecular complexity index is 971. The number of rotatable bonds is 3. The van der Waals surface area contributed by atoms with Crippen LogP contribution in [0.3, 0.4) is 0 Å². The fourth-order valence-corrected chi connectivity index (χ4v) is 5.26. The summed E-state index contributed by atoms with van der Waals surface area (Å²) in [4.78, 5) is 14.7. The Labute approximate surface area is 158 Å². The van der Waals surface area contributed by atoms with E-state index >= 15 is 0 Å². The smallest absolute Gasteiger partial charge is 0.261 e. The zero-order valence-electron chi connectivity index (χ0n) is 15.2. The van der Waals surface area contributed by atoms with Gasteiger partial charge in [0.05, 0.1) is 16.3 Å². The molecule has 1 unspecified atom stereocenters. The van der Waals surface area contributed by atoms with E-state index in [1.807, 2.05) is 26.0 Å². The average molecular weight is 391 g/mol. The highest BCUT2D eigenvalue weighted by Gasteiger charge is 2.27. The lowest BCUT2D eigenvalue weighted by Gasteiger charge is -2.32. The number of benzene rings is 2. The molecule has 2 aromatic carbocycles. The van der Waals surface area contributed by atoms with Crippen LogP contribution in [0, 0.1) is 13.8 Å². The summed E-state index contributed by atoms with van der Waals surface area (Å²) in [7, 11) is -3.74. The molecule has 0 radical (unpaired) electrons. The first-order valence-electron chi connectivity index (χ1n) is 8.36. The summed E-state index contributed by atoms with van der Waals surface area (Å²) >= 11 is 1.65. The van der Waals surface area contributed by atoms with E-state index in [2.05, 4.69) is 11.6 Å². The number of amides is 1. The van der Waals surface area contributed by atoms with Crippen molar-refractivity contribution in [3.8, 4) is 0 Å². The van der Waals surface area contributed by atoms with Crippen LogP contribution in [0.1, 0.15) is 25.0 Å². The van der Waals surface area contributed by atoms with Crippen molar-refractivity contribution in [1.82, 2.24) is 0 Å². The van der Waals surface area contributed by atoms with Gasteiger partial charge in [0.15, 0.2) is 0 Å². The first-order valence-corrected chi connectivity index (χ1v) is 10.7. The van der Waals surface area contributed by atoms with E-state index in [0.717, 1.165) is 16.0 Å². The molecule has 1 atom stereocenters. The van der Waals surface area contributed by atoms with E-state index in [4.69, 9.17) is 0 Å². The molecule has 2 aromatic rings. The van der Waals surface area contributed by atoms with E-state index in [1.54, 1.807) is 40.9 Å². The highest BCUT2D eigenvalue weighted by Crippen LogP contribution is 2.40. The third-order valence-electron chi connectivity index (χ3n) is 4.31. The largest absolute Gasteiger partial charge is 0.310 e. The van der Waals surface area contributed by atoms with E-state index < -0.39 is 10.0 Å². The third kappa shape index (κ3) is 3.73. The van der Waals surface area contributed by atoms with Crippen LogP contribution >= 0.6 is 11.8 Å². The second-order valence-electron chi connectivity index (χ2n) is 6.61. The molecule has 3 rings (SSSR count). The van der Waals surface area contributed by atoms with Gasteiger partial charge in [-0.15, -0.1) is 11.8 Å². The molecular formula is C19H22N2O3S2. The maximum atomic E-state index is 12.8. The second kappa shape index (κ2) is 6.96. The topological polar surface area (TPSA) is 66.5 Å². The highest BCUT2D eigenvalue weighted by molar-refractivity contribution is 8.00. The number of carbonyl (C=O) groups is 1. The Morgan fingerprint density at radius 3 is 2.58 bits per heavy atom. The molecule has 0 saturated heterocycles. The van der Waals surface area contributed by atoms with Crippen LogP contribution in [0.2, 0.25) is 0 Å². The predicted octanol–water partition coefficient (Wildman–Crippen LogP) is 3.95. The first kappa shape index (κ1) is 18.8. The molecule has 1 amide bonds. The Balaban J connectivity index is 1.98. The zero-order valence-corrected chi connectivity index (χ0v) is 16.9. The number of carbonyl (C=O) groups excluding carboxylic acids is 1. The molecule has 0 aliphatic carbocycles. The van der Waals surface area contributed by atoms with Crippen LogP contribution < -0.4 is 9.62 Å². The molecular weight excluding hydrogens is 368 g/mol. The van der Waals surface area contributed by atoms with Gasteiger partial charge >= 0.3 is 0 Å². The van der Waals surface area contributed by atoms with E-state index in [-0.39, 0.29) is 16.1 Å². The second-order valence-corrected chi connectivity index (χ2v) is 9.77. The fourth-order valence-electron chi connectivity index (χ4n) is 3.01. The van der Waals surface area contributed by atoms with Crippen LogP contribution in [0.5, 0.6) is 0 Å². The van der Waals surface area contributed by atoms with Gasteiger partial charge in [0.1, 0.15) is 0 Å². The number of hydrogen-bond acceptors (Lipinski definition) is 4. The molecule has 0 spiro atoms. The standard InChI is InChI=1S/C19H22N2O3S2/c1-12-5-7-17(13(2)9-12)20-26(23,24)16-6-8-19-18(10-16)21(15(4)22)11-14(3)25-19/h5-10,14,20H,11H2,1-4H3. The van der Waals surface area contributed by atoms with Gasteiger partial charge in [0.25, 0.3) is 10.0 Å². The quantitative estimate of drug-likeness (QED) is 0.862. The molecule has 1 N–H and O–H groups in total. The molecule has 1 heterocycles. The fraction of sp³-hybridized carbons (Fsp3) is 0.316. The minimum Gasteiger partial charge on any atom is -0.310 e. The lowest BCUT2D eigenvalue weighted by atomic mass is 10.1. The molecule has 0 saturated carbocycles. The van der Waals surface area contributed by atoms with Crippen LogP contribution in [-0.4, -0.2) is 26.1 Å². The Hall–Kier alpha value is -1.99. The molecule has 26 heavy (non-hydrogen) atoms. The molecule has 138 valence electrons. The Morgan fingerprint density at radius 1 is 1.19 bits per heavy atom. The van der Waals surface area contributed by atoms with Crippen molar-refractivity contribution in [3.05, 3.63) is 47.5 Å². The van der Waals surface area contributed by atoms with Crippen molar-refractivity contribution in [2.45, 2.75) is 42.7 Å². The number of fused-ring (bicyclic) bond motifs is 1. The van der Waals surface area contributed by atoms with Crippen LogP contribution in [0.25, 0.3) is 0 Å². The van der Waals surface area contributed by atoms with Gasteiger partial charge in [-0.05, 0) is 43.7 Å². The number of hydrogen-bond donors (Lipinski definition) is 1. The zero-order chi connectivity index (χ0) is 19.1. The lowest BCUT2D eigenvalue weighted by molar-refractivity contribution is -0.116. The highest BCUT2D eigenvalue weighted by atomic mass is 32.2. The minimum atomic E-state index is -3.74. The van der Waals surface area contributed by atoms with Crippen LogP contribution in [0.4, 0.5) is 11.4 Å². The van der Waals surface area contributed by atoms with Crippen molar-refractivity contribution in [2.75, 3.05) is 16.2 Å². The number of anilines is 2. The number of nitrogens with zero attached hydrogens (tertiary/aromatic N) is 1. The van der Waals surface area contributed by atoms with Crippen molar-refractivity contribution in [2.24, 2.45) is 0 Å². The van der Waals surface area contributed by atoms with Gasteiger partial charge in [-0.3, -0.25) is 9.52 Å². The summed E-state index contributed by atoms with van der Waals surface area (Å²) in [5, 5.41) is 0.266. The maximum Gasteiger partial charge on any atom is 0.261 e. The van der Waals surface area contributed by atoms with E-state index in [9.17, 15) is 13.2 Å². The molecule has 7 heteroatoms. The lowest BCUT2D eigenvalue weighted by Crippen LogP contribution is -2.37. The molecule has 0 bridgehead atoms. The van der Waals surface area contributed by atoms with Crippen molar-refractivity contribution < 1.29 is 13.2 Å². The Kier molecular flexibility index (Phi) is 5.03. The van der Waals surface area contributed by atoms with Crippen LogP contribution in [-0.2, 0) is 14.8 Å². The molecule has 1 aliphatic rings. The summed E-state index contributed by atoms with van der Waals surface area (Å²) in [6.07, 6.45) is 0. The van der Waals surface area contributed by atoms with E-state index in [1.165, 1.54) is 6.92 Å². The van der Waals surface area contributed by atoms with Crippen molar-refractivity contribution in [1.29, 1.82) is 0 Å². The monoisotopic (exact) mass is 390 g/mol.